The Morgan fingerprint density at radius 3 is 2.43 bits per heavy atom. The Morgan fingerprint density at radius 2 is 2.07 bits per heavy atom. The Kier molecular flexibility index (Phi) is 5.37. The van der Waals surface area contributed by atoms with Gasteiger partial charge in [0.1, 0.15) is 0 Å². The van der Waals surface area contributed by atoms with Crippen LogP contribution in [-0.4, -0.2) is 24.0 Å². The molecule has 0 radical (unpaired) electrons. The molecule has 5 nitrogen and oxygen atoms in total. The number of methoxy groups -OCH3 is 1. The summed E-state index contributed by atoms with van der Waals surface area (Å²) in [7, 11) is 1.23. The third kappa shape index (κ3) is 3.10. The van der Waals surface area contributed by atoms with Crippen molar-refractivity contribution in [2.24, 2.45) is 0 Å². The predicted octanol–water partition coefficient (Wildman–Crippen LogP) is -3.76. The molecule has 0 aliphatic heterocycles. The molecule has 0 spiro atoms. The van der Waals surface area contributed by atoms with E-state index in [0.717, 1.165) is 6.20 Å². The smallest absolute Gasteiger partial charge is 0.543 e. The van der Waals surface area contributed by atoms with Crippen LogP contribution in [0.2, 0.25) is 0 Å². The van der Waals surface area contributed by atoms with Crippen LogP contribution < -0.4 is 34.7 Å². The molecule has 1 heterocycles. The molecule has 0 N–H and O–H groups in total. The van der Waals surface area contributed by atoms with E-state index in [0.29, 0.717) is 0 Å². The van der Waals surface area contributed by atoms with Gasteiger partial charge in [0.25, 0.3) is 0 Å². The summed E-state index contributed by atoms with van der Waals surface area (Å²) >= 11 is 0. The summed E-state index contributed by atoms with van der Waals surface area (Å²) in [6, 6.07) is 2.49. The van der Waals surface area contributed by atoms with E-state index in [4.69, 9.17) is 0 Å². The van der Waals surface area contributed by atoms with Gasteiger partial charge in [-0.25, -0.2) is 4.79 Å². The molecule has 1 rings (SSSR count). The first-order valence-electron chi connectivity index (χ1n) is 3.41. The van der Waals surface area contributed by atoms with Gasteiger partial charge in [0, 0.05) is 6.20 Å². The van der Waals surface area contributed by atoms with Gasteiger partial charge in [-0.1, -0.05) is 0 Å². The van der Waals surface area contributed by atoms with Crippen LogP contribution in [0, 0.1) is 0 Å². The minimum atomic E-state index is -1.38. The summed E-state index contributed by atoms with van der Waals surface area (Å²) in [5.74, 6) is -1.94. The SMILES string of the molecule is COC(=O)c1ccc(C(=O)[O-])nc1.[Na+]. The average Bonchev–Trinajstić information content (AvgIpc) is 2.17. The van der Waals surface area contributed by atoms with Crippen molar-refractivity contribution in [3.63, 3.8) is 0 Å². The van der Waals surface area contributed by atoms with Crippen molar-refractivity contribution in [2.45, 2.75) is 0 Å². The van der Waals surface area contributed by atoms with Crippen molar-refractivity contribution in [3.8, 4) is 0 Å². The molecule has 0 aromatic carbocycles. The maximum atomic E-state index is 10.9. The monoisotopic (exact) mass is 203 g/mol. The van der Waals surface area contributed by atoms with Crippen LogP contribution in [-0.2, 0) is 4.74 Å². The number of carboxylic acid groups (broad SMARTS) is 1. The second-order valence-electron chi connectivity index (χ2n) is 2.21. The number of hydrogen-bond acceptors (Lipinski definition) is 5. The van der Waals surface area contributed by atoms with E-state index in [1.165, 1.54) is 19.2 Å². The number of hydrogen-bond donors (Lipinski definition) is 0. The van der Waals surface area contributed by atoms with Gasteiger partial charge in [-0.05, 0) is 12.1 Å². The Hall–Kier alpha value is -0.910. The van der Waals surface area contributed by atoms with E-state index in [1.54, 1.807) is 0 Å². The van der Waals surface area contributed by atoms with Crippen LogP contribution in [0.5, 0.6) is 0 Å². The normalized spacial score (nSPS) is 8.64. The standard InChI is InChI=1S/C8H7NO4.Na/c1-13-8(12)5-2-3-6(7(10)11)9-4-5;/h2-4H,1H3,(H,10,11);/q;+1/p-1. The molecule has 1 aromatic rings. The van der Waals surface area contributed by atoms with Crippen LogP contribution in [0.25, 0.3) is 0 Å². The van der Waals surface area contributed by atoms with E-state index >= 15 is 0 Å². The van der Waals surface area contributed by atoms with Crippen molar-refractivity contribution in [3.05, 3.63) is 29.6 Å². The predicted molar refractivity (Wildman–Crippen MR) is 39.9 cm³/mol. The van der Waals surface area contributed by atoms with Gasteiger partial charge in [-0.3, -0.25) is 4.98 Å². The second-order valence-corrected chi connectivity index (χ2v) is 2.21. The van der Waals surface area contributed by atoms with Gasteiger partial charge in [-0.15, -0.1) is 0 Å². The van der Waals surface area contributed by atoms with E-state index in [9.17, 15) is 14.7 Å². The van der Waals surface area contributed by atoms with Crippen molar-refractivity contribution in [2.75, 3.05) is 7.11 Å². The zero-order chi connectivity index (χ0) is 9.84. The van der Waals surface area contributed by atoms with Gasteiger partial charge in [-0.2, -0.15) is 0 Å². The quantitative estimate of drug-likeness (QED) is 0.364. The fraction of sp³-hybridized carbons (Fsp3) is 0.125. The van der Waals surface area contributed by atoms with Gasteiger partial charge >= 0.3 is 35.5 Å². The Bertz CT molecular complexity index is 336. The third-order valence-corrected chi connectivity index (χ3v) is 1.39. The molecule has 0 saturated carbocycles. The molecular weight excluding hydrogens is 197 g/mol. The first-order chi connectivity index (χ1) is 6.15. The summed E-state index contributed by atoms with van der Waals surface area (Å²) in [4.78, 5) is 24.6. The van der Waals surface area contributed by atoms with Crippen molar-refractivity contribution >= 4 is 11.9 Å². The van der Waals surface area contributed by atoms with Gasteiger partial charge in [0.15, 0.2) is 0 Å². The van der Waals surface area contributed by atoms with E-state index in [1.807, 2.05) is 0 Å². The van der Waals surface area contributed by atoms with Crippen LogP contribution in [0.1, 0.15) is 20.8 Å². The molecule has 1 aromatic heterocycles. The largest absolute Gasteiger partial charge is 1.00 e. The number of nitrogens with zero attached hydrogens (tertiary/aromatic N) is 1. The summed E-state index contributed by atoms with van der Waals surface area (Å²) in [5.41, 5.74) is -0.0137. The number of aromatic carboxylic acids is 1. The molecule has 0 aliphatic rings. The van der Waals surface area contributed by atoms with E-state index in [2.05, 4.69) is 9.72 Å². The fourth-order valence-corrected chi connectivity index (χ4v) is 0.753. The maximum Gasteiger partial charge on any atom is 1.00 e. The Labute approximate surface area is 102 Å². The molecule has 0 amide bonds. The van der Waals surface area contributed by atoms with Gasteiger partial charge < -0.3 is 14.6 Å². The minimum absolute atomic E-state index is 0. The molecule has 0 fully saturated rings. The third-order valence-electron chi connectivity index (χ3n) is 1.39. The molecule has 0 bridgehead atoms. The summed E-state index contributed by atoms with van der Waals surface area (Å²) < 4.78 is 4.39. The number of ether oxygens (including phenoxy) is 1. The minimum Gasteiger partial charge on any atom is -0.543 e. The second kappa shape index (κ2) is 5.74. The van der Waals surface area contributed by atoms with Crippen molar-refractivity contribution in [1.29, 1.82) is 0 Å². The van der Waals surface area contributed by atoms with E-state index in [-0.39, 0.29) is 40.8 Å². The number of aromatic nitrogens is 1. The van der Waals surface area contributed by atoms with Crippen molar-refractivity contribution in [1.82, 2.24) is 4.98 Å². The number of carbonyl (C=O) groups excluding carboxylic acids is 2. The van der Waals surface area contributed by atoms with Crippen LogP contribution in [0.4, 0.5) is 0 Å². The van der Waals surface area contributed by atoms with Gasteiger partial charge in [0.2, 0.25) is 0 Å². The first kappa shape index (κ1) is 13.1. The molecule has 0 unspecified atom stereocenters. The zero-order valence-electron chi connectivity index (χ0n) is 7.81. The number of carbonyl (C=O) groups is 2. The Morgan fingerprint density at radius 1 is 1.43 bits per heavy atom. The Balaban J connectivity index is 0.00000169. The number of rotatable bonds is 2. The fourth-order valence-electron chi connectivity index (χ4n) is 0.753. The van der Waals surface area contributed by atoms with Crippen LogP contribution in [0.15, 0.2) is 18.3 Å². The molecular formula is C8H6NNaO4. The molecule has 0 saturated heterocycles. The van der Waals surface area contributed by atoms with Crippen molar-refractivity contribution < 1.29 is 49.0 Å². The van der Waals surface area contributed by atoms with E-state index < -0.39 is 11.9 Å². The molecule has 0 aliphatic carbocycles. The maximum absolute atomic E-state index is 10.9. The summed E-state index contributed by atoms with van der Waals surface area (Å²) in [6.45, 7) is 0. The molecule has 0 atom stereocenters. The average molecular weight is 203 g/mol. The summed E-state index contributed by atoms with van der Waals surface area (Å²) in [5, 5.41) is 10.3. The zero-order valence-corrected chi connectivity index (χ0v) is 9.81. The number of esters is 1. The molecule has 14 heavy (non-hydrogen) atoms. The first-order valence-corrected chi connectivity index (χ1v) is 3.41. The van der Waals surface area contributed by atoms with Crippen LogP contribution in [0.3, 0.4) is 0 Å². The van der Waals surface area contributed by atoms with Crippen LogP contribution >= 0.6 is 0 Å². The van der Waals surface area contributed by atoms with Gasteiger partial charge in [0.05, 0.1) is 24.3 Å². The molecule has 6 heteroatoms. The number of pyridine rings is 1. The molecule has 68 valence electrons. The number of carboxylic acids is 1. The topological polar surface area (TPSA) is 79.3 Å². The summed E-state index contributed by atoms with van der Waals surface area (Å²) in [6.07, 6.45) is 1.12.